The Labute approximate surface area is 198 Å². The van der Waals surface area contributed by atoms with Gasteiger partial charge >= 0.3 is 7.82 Å². The predicted octanol–water partition coefficient (Wildman–Crippen LogP) is 7.01. The molecular weight excluding hydrogens is 427 g/mol. The third-order valence-corrected chi connectivity index (χ3v) is 8.27. The lowest BCUT2D eigenvalue weighted by Gasteiger charge is -2.32. The van der Waals surface area contributed by atoms with E-state index >= 15 is 0 Å². The molecule has 0 bridgehead atoms. The molecule has 0 amide bonds. The van der Waals surface area contributed by atoms with Crippen LogP contribution in [-0.4, -0.2) is 41.3 Å². The van der Waals surface area contributed by atoms with E-state index < -0.39 is 7.82 Å². The van der Waals surface area contributed by atoms with Crippen LogP contribution in [0.3, 0.4) is 0 Å². The Morgan fingerprint density at radius 1 is 0.625 bits per heavy atom. The maximum absolute atomic E-state index is 10.9. The van der Waals surface area contributed by atoms with Crippen LogP contribution in [0.25, 0.3) is 0 Å². The number of unbranched alkanes of at least 4 members (excludes halogenated alkanes) is 4. The molecule has 7 heteroatoms. The molecule has 6 nitrogen and oxygen atoms in total. The highest BCUT2D eigenvalue weighted by Crippen LogP contribution is 2.41. The summed E-state index contributed by atoms with van der Waals surface area (Å²) < 4.78 is 21.5. The van der Waals surface area contributed by atoms with Crippen LogP contribution in [-0.2, 0) is 13.8 Å². The first-order valence-electron chi connectivity index (χ1n) is 13.1. The van der Waals surface area contributed by atoms with Crippen molar-refractivity contribution in [3.05, 3.63) is 0 Å². The van der Waals surface area contributed by atoms with Gasteiger partial charge in [0.2, 0.25) is 0 Å². The molecule has 0 heterocycles. The summed E-state index contributed by atoms with van der Waals surface area (Å²) in [4.78, 5) is 17.8. The predicted molar refractivity (Wildman–Crippen MR) is 133 cm³/mol. The van der Waals surface area contributed by atoms with Crippen molar-refractivity contribution < 1.29 is 28.7 Å². The van der Waals surface area contributed by atoms with Gasteiger partial charge in [0.05, 0.1) is 6.61 Å². The van der Waals surface area contributed by atoms with Gasteiger partial charge in [0.25, 0.3) is 0 Å². The van der Waals surface area contributed by atoms with Crippen LogP contribution in [0.5, 0.6) is 0 Å². The molecule has 0 aromatic heterocycles. The van der Waals surface area contributed by atoms with Gasteiger partial charge in [0.15, 0.2) is 0 Å². The fourth-order valence-electron chi connectivity index (χ4n) is 4.84. The molecule has 0 unspecified atom stereocenters. The van der Waals surface area contributed by atoms with Crippen LogP contribution in [0.4, 0.5) is 0 Å². The van der Waals surface area contributed by atoms with E-state index in [4.69, 9.17) is 19.6 Å². The average Bonchev–Trinajstić information content (AvgIpc) is 2.77. The first kappa shape index (κ1) is 32.0. The van der Waals surface area contributed by atoms with Crippen molar-refractivity contribution in [3.8, 4) is 0 Å². The summed E-state index contributed by atoms with van der Waals surface area (Å²) in [5, 5.41) is 8.97. The molecule has 0 saturated carbocycles. The van der Waals surface area contributed by atoms with Crippen molar-refractivity contribution in [3.63, 3.8) is 0 Å². The fourth-order valence-corrected chi connectivity index (χ4v) is 5.17. The second-order valence-electron chi connectivity index (χ2n) is 9.55. The molecule has 0 spiro atoms. The minimum Gasteiger partial charge on any atom is -0.396 e. The third-order valence-electron chi connectivity index (χ3n) is 7.75. The Morgan fingerprint density at radius 3 is 1.47 bits per heavy atom. The summed E-state index contributed by atoms with van der Waals surface area (Å²) >= 11 is 0. The second kappa shape index (κ2) is 18.4. The summed E-state index contributed by atoms with van der Waals surface area (Å²) in [5.41, 5.74) is 0.554. The zero-order valence-electron chi connectivity index (χ0n) is 21.4. The zero-order valence-corrected chi connectivity index (χ0v) is 22.3. The van der Waals surface area contributed by atoms with Crippen molar-refractivity contribution in [2.45, 2.75) is 124 Å². The van der Waals surface area contributed by atoms with Crippen molar-refractivity contribution in [2.24, 2.45) is 10.8 Å². The standard InChI is InChI=1S/C25H53O6P/c1-5-24(6-2,16-10-9-13-20-26)17-11-14-21-30-22-15-12-18-25(7-3,8-4)19-23-31-32(27,28)29/h26H,5-23H2,1-4H3,(H2,27,28,29). The van der Waals surface area contributed by atoms with E-state index in [1.54, 1.807) is 0 Å². The number of aliphatic hydroxyl groups is 1. The number of ether oxygens (including phenoxy) is 1. The Morgan fingerprint density at radius 2 is 1.06 bits per heavy atom. The summed E-state index contributed by atoms with van der Waals surface area (Å²) in [5.74, 6) is 0. The smallest absolute Gasteiger partial charge is 0.396 e. The van der Waals surface area contributed by atoms with Gasteiger partial charge in [-0.15, -0.1) is 0 Å². The molecule has 0 aliphatic carbocycles. The van der Waals surface area contributed by atoms with Gasteiger partial charge in [-0.2, -0.15) is 0 Å². The highest BCUT2D eigenvalue weighted by atomic mass is 31.2. The van der Waals surface area contributed by atoms with Gasteiger partial charge in [-0.25, -0.2) is 4.57 Å². The molecule has 194 valence electrons. The van der Waals surface area contributed by atoms with Crippen molar-refractivity contribution in [2.75, 3.05) is 26.4 Å². The van der Waals surface area contributed by atoms with E-state index in [0.29, 0.717) is 18.4 Å². The lowest BCUT2D eigenvalue weighted by Crippen LogP contribution is -2.21. The summed E-state index contributed by atoms with van der Waals surface area (Å²) in [6.45, 7) is 11.0. The maximum atomic E-state index is 10.9. The lowest BCUT2D eigenvalue weighted by atomic mass is 9.74. The van der Waals surface area contributed by atoms with E-state index in [1.807, 2.05) is 0 Å². The number of hydrogen-bond acceptors (Lipinski definition) is 4. The molecule has 0 rings (SSSR count). The van der Waals surface area contributed by atoms with Gasteiger partial charge in [0.1, 0.15) is 0 Å². The summed E-state index contributed by atoms with van der Waals surface area (Å²) in [6.07, 6.45) is 16.4. The largest absolute Gasteiger partial charge is 0.469 e. The Balaban J connectivity index is 4.01. The molecule has 0 fully saturated rings. The Bertz CT molecular complexity index is 471. The summed E-state index contributed by atoms with van der Waals surface area (Å²) in [6, 6.07) is 0. The van der Waals surface area contributed by atoms with Crippen molar-refractivity contribution in [1.29, 1.82) is 0 Å². The van der Waals surface area contributed by atoms with Crippen LogP contribution >= 0.6 is 7.82 Å². The van der Waals surface area contributed by atoms with Crippen LogP contribution in [0, 0.1) is 10.8 Å². The number of aliphatic hydroxyl groups excluding tert-OH is 1. The van der Waals surface area contributed by atoms with Gasteiger partial charge < -0.3 is 19.6 Å². The minimum atomic E-state index is -4.38. The fraction of sp³-hybridized carbons (Fsp3) is 1.00. The van der Waals surface area contributed by atoms with Crippen LogP contribution in [0.15, 0.2) is 0 Å². The van der Waals surface area contributed by atoms with Gasteiger partial charge in [-0.05, 0) is 55.8 Å². The van der Waals surface area contributed by atoms with Gasteiger partial charge in [-0.3, -0.25) is 4.52 Å². The molecule has 3 N–H and O–H groups in total. The quantitative estimate of drug-likeness (QED) is 0.108. The number of rotatable bonds is 23. The monoisotopic (exact) mass is 480 g/mol. The van der Waals surface area contributed by atoms with Gasteiger partial charge in [-0.1, -0.05) is 79.1 Å². The third kappa shape index (κ3) is 15.0. The molecule has 0 aromatic carbocycles. The van der Waals surface area contributed by atoms with Crippen LogP contribution < -0.4 is 0 Å². The number of hydrogen-bond donors (Lipinski definition) is 3. The molecule has 0 atom stereocenters. The van der Waals surface area contributed by atoms with Crippen LogP contribution in [0.2, 0.25) is 0 Å². The SMILES string of the molecule is CCC(CC)(CCCCCO)CCCCOCCCCC(CC)(CC)CCOP(=O)(O)O. The zero-order chi connectivity index (χ0) is 24.3. The first-order chi connectivity index (χ1) is 15.2. The van der Waals surface area contributed by atoms with E-state index in [2.05, 4.69) is 32.2 Å². The molecule has 0 saturated heterocycles. The first-order valence-corrected chi connectivity index (χ1v) is 14.6. The van der Waals surface area contributed by atoms with Crippen LogP contribution in [0.1, 0.15) is 124 Å². The number of phosphoric acid groups is 1. The molecule has 0 aliphatic rings. The average molecular weight is 481 g/mol. The normalized spacial score (nSPS) is 13.1. The molecule has 0 radical (unpaired) electrons. The molecular formula is C25H53O6P. The summed E-state index contributed by atoms with van der Waals surface area (Å²) in [7, 11) is -4.38. The second-order valence-corrected chi connectivity index (χ2v) is 10.8. The number of phosphoric ester groups is 1. The Kier molecular flexibility index (Phi) is 18.4. The minimum absolute atomic E-state index is 0.0932. The van der Waals surface area contributed by atoms with Crippen molar-refractivity contribution >= 4 is 7.82 Å². The van der Waals surface area contributed by atoms with E-state index in [0.717, 1.165) is 64.6 Å². The highest BCUT2D eigenvalue weighted by Gasteiger charge is 2.27. The topological polar surface area (TPSA) is 96.2 Å². The Hall–Kier alpha value is 0.0300. The highest BCUT2D eigenvalue weighted by molar-refractivity contribution is 7.46. The molecule has 0 aromatic rings. The molecule has 0 aliphatic heterocycles. The van der Waals surface area contributed by atoms with Gasteiger partial charge in [0, 0.05) is 19.8 Å². The van der Waals surface area contributed by atoms with E-state index in [1.165, 1.54) is 38.5 Å². The van der Waals surface area contributed by atoms with E-state index in [-0.39, 0.29) is 12.0 Å². The maximum Gasteiger partial charge on any atom is 0.469 e. The van der Waals surface area contributed by atoms with Crippen molar-refractivity contribution in [1.82, 2.24) is 0 Å². The van der Waals surface area contributed by atoms with E-state index in [9.17, 15) is 4.57 Å². The molecule has 32 heavy (non-hydrogen) atoms. The lowest BCUT2D eigenvalue weighted by molar-refractivity contribution is 0.108.